The summed E-state index contributed by atoms with van der Waals surface area (Å²) >= 11 is 3.46. The molecule has 0 spiro atoms. The average Bonchev–Trinajstić information content (AvgIpc) is 2.78. The molecule has 1 aliphatic rings. The minimum atomic E-state index is -0.577. The zero-order valence-electron chi connectivity index (χ0n) is 17.6. The third-order valence-corrected chi connectivity index (χ3v) is 6.15. The number of benzene rings is 2. The van der Waals surface area contributed by atoms with E-state index in [0.29, 0.717) is 13.2 Å². The van der Waals surface area contributed by atoms with Crippen LogP contribution in [0.4, 0.5) is 11.4 Å². The first-order valence-electron chi connectivity index (χ1n) is 10.6. The van der Waals surface area contributed by atoms with Crippen LogP contribution < -0.4 is 10.2 Å². The molecule has 166 valence electrons. The second-order valence-electron chi connectivity index (χ2n) is 7.76. The molecule has 2 aromatic carbocycles. The number of amides is 1. The molecule has 8 heteroatoms. The second kappa shape index (κ2) is 11.2. The molecular weight excluding hydrogens is 462 g/mol. The number of nitrogens with one attached hydrogen (secondary N) is 1. The lowest BCUT2D eigenvalue weighted by Crippen LogP contribution is -2.46. The monoisotopic (exact) mass is 489 g/mol. The first-order valence-corrected chi connectivity index (χ1v) is 11.3. The fourth-order valence-corrected chi connectivity index (χ4v) is 4.27. The van der Waals surface area contributed by atoms with Crippen molar-refractivity contribution in [3.05, 3.63) is 68.7 Å². The Hall–Kier alpha value is -2.45. The van der Waals surface area contributed by atoms with E-state index in [1.54, 1.807) is 19.2 Å². The van der Waals surface area contributed by atoms with Crippen LogP contribution in [0, 0.1) is 10.1 Å². The summed E-state index contributed by atoms with van der Waals surface area (Å²) in [5.41, 5.74) is 1.60. The van der Waals surface area contributed by atoms with Gasteiger partial charge < -0.3 is 15.0 Å². The lowest BCUT2D eigenvalue weighted by Gasteiger charge is -2.34. The zero-order chi connectivity index (χ0) is 22.2. The Kier molecular flexibility index (Phi) is 8.43. The van der Waals surface area contributed by atoms with Crippen molar-refractivity contribution >= 4 is 33.2 Å². The third kappa shape index (κ3) is 6.27. The smallest absolute Gasteiger partial charge is 0.269 e. The summed E-state index contributed by atoms with van der Waals surface area (Å²) in [4.78, 5) is 26.1. The van der Waals surface area contributed by atoms with Crippen LogP contribution in [-0.2, 0) is 9.53 Å². The largest absolute Gasteiger partial charge is 0.383 e. The molecule has 1 unspecified atom stereocenters. The van der Waals surface area contributed by atoms with E-state index in [2.05, 4.69) is 21.2 Å². The highest BCUT2D eigenvalue weighted by molar-refractivity contribution is 9.10. The van der Waals surface area contributed by atoms with E-state index in [9.17, 15) is 14.9 Å². The van der Waals surface area contributed by atoms with Crippen LogP contribution in [0.2, 0.25) is 0 Å². The van der Waals surface area contributed by atoms with Crippen molar-refractivity contribution < 1.29 is 14.5 Å². The number of hydrogen-bond acceptors (Lipinski definition) is 5. The average molecular weight is 490 g/mol. The summed E-state index contributed by atoms with van der Waals surface area (Å²) in [6, 6.07) is 13.6. The van der Waals surface area contributed by atoms with E-state index in [1.807, 2.05) is 29.2 Å². The number of non-ortho nitro benzene ring substituents is 1. The van der Waals surface area contributed by atoms with Crippen molar-refractivity contribution in [2.45, 2.75) is 44.2 Å². The van der Waals surface area contributed by atoms with Crippen molar-refractivity contribution in [1.29, 1.82) is 0 Å². The molecule has 0 bridgehead atoms. The molecule has 0 radical (unpaired) electrons. The van der Waals surface area contributed by atoms with Gasteiger partial charge in [-0.25, -0.2) is 0 Å². The van der Waals surface area contributed by atoms with E-state index in [-0.39, 0.29) is 17.6 Å². The molecule has 1 fully saturated rings. The number of nitrogens with zero attached hydrogens (tertiary/aromatic N) is 2. The number of nitro groups is 1. The third-order valence-electron chi connectivity index (χ3n) is 5.63. The van der Waals surface area contributed by atoms with Crippen molar-refractivity contribution in [1.82, 2.24) is 5.32 Å². The van der Waals surface area contributed by atoms with Crippen molar-refractivity contribution in [2.75, 3.05) is 25.2 Å². The molecule has 1 amide bonds. The fraction of sp³-hybridized carbons (Fsp3) is 0.435. The zero-order valence-corrected chi connectivity index (χ0v) is 19.2. The van der Waals surface area contributed by atoms with E-state index >= 15 is 0 Å². The van der Waals surface area contributed by atoms with Crippen LogP contribution in [-0.4, -0.2) is 37.1 Å². The lowest BCUT2D eigenvalue weighted by molar-refractivity contribution is -0.384. The van der Waals surface area contributed by atoms with Gasteiger partial charge in [0.15, 0.2) is 0 Å². The first kappa shape index (κ1) is 23.2. The molecule has 3 rings (SSSR count). The predicted octanol–water partition coefficient (Wildman–Crippen LogP) is 5.00. The van der Waals surface area contributed by atoms with Crippen LogP contribution >= 0.6 is 15.9 Å². The number of carbonyl (C=O) groups excluding carboxylic acids is 1. The highest BCUT2D eigenvalue weighted by Crippen LogP contribution is 2.30. The molecule has 0 aliphatic heterocycles. The predicted molar refractivity (Wildman–Crippen MR) is 124 cm³/mol. The molecule has 2 aromatic rings. The topological polar surface area (TPSA) is 84.7 Å². The van der Waals surface area contributed by atoms with Gasteiger partial charge in [-0.3, -0.25) is 14.9 Å². The molecule has 0 heterocycles. The van der Waals surface area contributed by atoms with Crippen LogP contribution in [0.5, 0.6) is 0 Å². The number of hydrogen-bond donors (Lipinski definition) is 1. The van der Waals surface area contributed by atoms with Crippen LogP contribution in [0.3, 0.4) is 0 Å². The Bertz CT molecular complexity index is 867. The van der Waals surface area contributed by atoms with Gasteiger partial charge in [0.05, 0.1) is 11.5 Å². The maximum Gasteiger partial charge on any atom is 0.269 e. The minimum Gasteiger partial charge on any atom is -0.383 e. The minimum absolute atomic E-state index is 0.0160. The molecule has 1 N–H and O–H groups in total. The maximum absolute atomic E-state index is 13.5. The molecule has 7 nitrogen and oxygen atoms in total. The number of rotatable bonds is 9. The van der Waals surface area contributed by atoms with E-state index in [4.69, 9.17) is 4.74 Å². The van der Waals surface area contributed by atoms with Gasteiger partial charge in [-0.05, 0) is 42.7 Å². The number of carbonyl (C=O) groups is 1. The Balaban J connectivity index is 1.95. The van der Waals surface area contributed by atoms with Gasteiger partial charge in [-0.1, -0.05) is 47.3 Å². The highest BCUT2D eigenvalue weighted by Gasteiger charge is 2.30. The summed E-state index contributed by atoms with van der Waals surface area (Å²) in [6.07, 6.45) is 5.46. The van der Waals surface area contributed by atoms with Gasteiger partial charge in [-0.15, -0.1) is 0 Å². The Morgan fingerprint density at radius 3 is 2.39 bits per heavy atom. The summed E-state index contributed by atoms with van der Waals surface area (Å²) < 4.78 is 6.23. The summed E-state index contributed by atoms with van der Waals surface area (Å²) in [5, 5.41) is 14.3. The van der Waals surface area contributed by atoms with Gasteiger partial charge in [0.1, 0.15) is 6.04 Å². The number of anilines is 1. The molecule has 1 aliphatic carbocycles. The van der Waals surface area contributed by atoms with Crippen molar-refractivity contribution in [3.8, 4) is 0 Å². The van der Waals surface area contributed by atoms with Gasteiger partial charge in [0.25, 0.3) is 5.69 Å². The van der Waals surface area contributed by atoms with Gasteiger partial charge in [0.2, 0.25) is 5.91 Å². The Labute approximate surface area is 191 Å². The summed E-state index contributed by atoms with van der Waals surface area (Å²) in [7, 11) is 1.62. The van der Waals surface area contributed by atoms with E-state index in [1.165, 1.54) is 18.6 Å². The van der Waals surface area contributed by atoms with Gasteiger partial charge >= 0.3 is 0 Å². The van der Waals surface area contributed by atoms with Crippen LogP contribution in [0.1, 0.15) is 43.7 Å². The molecule has 0 saturated heterocycles. The fourth-order valence-electron chi connectivity index (χ4n) is 4.01. The second-order valence-corrected chi connectivity index (χ2v) is 8.67. The number of halogens is 1. The molecule has 0 aromatic heterocycles. The Morgan fingerprint density at radius 2 is 1.81 bits per heavy atom. The lowest BCUT2D eigenvalue weighted by atomic mass is 9.94. The number of ether oxygens (including phenoxy) is 1. The molecule has 31 heavy (non-hydrogen) atoms. The standard InChI is InChI=1S/C23H28BrN3O4/c1-31-16-15-26(20-11-13-21(14-12-20)27(29)30)22(17-7-9-18(24)10-8-17)23(28)25-19-5-3-2-4-6-19/h7-14,19,22H,2-6,15-16H2,1H3,(H,25,28). The van der Waals surface area contributed by atoms with Crippen LogP contribution in [0.15, 0.2) is 53.0 Å². The Morgan fingerprint density at radius 1 is 1.16 bits per heavy atom. The first-order chi connectivity index (χ1) is 15.0. The molecule has 1 atom stereocenters. The molecular formula is C23H28BrN3O4. The van der Waals surface area contributed by atoms with Crippen LogP contribution in [0.25, 0.3) is 0 Å². The number of nitro benzene ring substituents is 1. The van der Waals surface area contributed by atoms with Crippen molar-refractivity contribution in [2.24, 2.45) is 0 Å². The normalized spacial score (nSPS) is 15.3. The number of methoxy groups -OCH3 is 1. The summed E-state index contributed by atoms with van der Waals surface area (Å²) in [5.74, 6) is -0.0660. The molecule has 1 saturated carbocycles. The maximum atomic E-state index is 13.5. The SMILES string of the molecule is COCCN(c1ccc([N+](=O)[O-])cc1)C(C(=O)NC1CCCCC1)c1ccc(Br)cc1. The highest BCUT2D eigenvalue weighted by atomic mass is 79.9. The van der Waals surface area contributed by atoms with E-state index in [0.717, 1.165) is 41.4 Å². The van der Waals surface area contributed by atoms with Gasteiger partial charge in [0, 0.05) is 42.0 Å². The van der Waals surface area contributed by atoms with Gasteiger partial charge in [-0.2, -0.15) is 0 Å². The summed E-state index contributed by atoms with van der Waals surface area (Å²) in [6.45, 7) is 0.883. The van der Waals surface area contributed by atoms with E-state index < -0.39 is 11.0 Å². The van der Waals surface area contributed by atoms with Crippen molar-refractivity contribution in [3.63, 3.8) is 0 Å². The quantitative estimate of drug-likeness (QED) is 0.395.